The monoisotopic (exact) mass is 461 g/mol. The molecule has 0 spiro atoms. The number of para-hydroxylation sites is 2. The van der Waals surface area contributed by atoms with Crippen LogP contribution in [0.2, 0.25) is 5.02 Å². The van der Waals surface area contributed by atoms with Crippen molar-refractivity contribution in [1.82, 2.24) is 5.32 Å². The number of rotatable bonds is 4. The van der Waals surface area contributed by atoms with Crippen LogP contribution >= 0.6 is 11.6 Å². The number of sulfonamides is 1. The minimum atomic E-state index is -4.01. The lowest BCUT2D eigenvalue weighted by Crippen LogP contribution is -2.56. The molecule has 1 fully saturated rings. The van der Waals surface area contributed by atoms with Gasteiger partial charge in [-0.15, -0.1) is 0 Å². The van der Waals surface area contributed by atoms with Crippen LogP contribution in [0.25, 0.3) is 0 Å². The summed E-state index contributed by atoms with van der Waals surface area (Å²) in [6.07, 6.45) is 1.83. The third kappa shape index (κ3) is 3.95. The van der Waals surface area contributed by atoms with Crippen molar-refractivity contribution in [2.75, 3.05) is 22.7 Å². The highest BCUT2D eigenvalue weighted by Gasteiger charge is 2.46. The van der Waals surface area contributed by atoms with Crippen molar-refractivity contribution in [3.8, 4) is 0 Å². The standard InChI is InChI=1S/C23H28ClN3O3S/c1-14-13-21(15(2)12-18(14)24)31(29,30)27-20-7-5-4-6-19(20)26-23(28)22(27)16(3)17-8-10-25-11-9-17/h4-7,12-13,16-17,22,25H,8-11H2,1-3H3,(H,26,28). The van der Waals surface area contributed by atoms with Gasteiger partial charge in [-0.3, -0.25) is 9.10 Å². The van der Waals surface area contributed by atoms with E-state index in [1.165, 1.54) is 4.31 Å². The number of halogens is 1. The third-order valence-electron chi connectivity index (χ3n) is 6.54. The number of carbonyl (C=O) groups is 1. The predicted octanol–water partition coefficient (Wildman–Crippen LogP) is 4.11. The van der Waals surface area contributed by atoms with Gasteiger partial charge in [-0.2, -0.15) is 0 Å². The maximum atomic E-state index is 14.1. The number of amides is 1. The molecule has 8 heteroatoms. The van der Waals surface area contributed by atoms with Gasteiger partial charge in [-0.05, 0) is 87.0 Å². The summed E-state index contributed by atoms with van der Waals surface area (Å²) in [5.74, 6) is -0.163. The number of carbonyl (C=O) groups excluding carboxylic acids is 1. The molecule has 31 heavy (non-hydrogen) atoms. The van der Waals surface area contributed by atoms with Crippen LogP contribution in [-0.4, -0.2) is 33.5 Å². The molecule has 2 heterocycles. The normalized spacial score (nSPS) is 20.8. The molecular weight excluding hydrogens is 434 g/mol. The van der Waals surface area contributed by atoms with E-state index in [0.717, 1.165) is 25.9 Å². The SMILES string of the molecule is Cc1cc(S(=O)(=O)N2c3ccccc3NC(=O)C2C(C)C2CCNCC2)c(C)cc1Cl. The molecular formula is C23H28ClN3O3S. The summed E-state index contributed by atoms with van der Waals surface area (Å²) in [7, 11) is -4.01. The number of anilines is 2. The van der Waals surface area contributed by atoms with Crippen LogP contribution < -0.4 is 14.9 Å². The Labute approximate surface area is 189 Å². The van der Waals surface area contributed by atoms with E-state index in [0.29, 0.717) is 27.5 Å². The largest absolute Gasteiger partial charge is 0.322 e. The molecule has 2 aromatic carbocycles. The van der Waals surface area contributed by atoms with Crippen LogP contribution in [0.3, 0.4) is 0 Å². The number of nitrogens with zero attached hydrogens (tertiary/aromatic N) is 1. The minimum absolute atomic E-state index is 0.140. The summed E-state index contributed by atoms with van der Waals surface area (Å²) in [5.41, 5.74) is 2.25. The van der Waals surface area contributed by atoms with Crippen molar-refractivity contribution in [2.24, 2.45) is 11.8 Å². The highest BCUT2D eigenvalue weighted by molar-refractivity contribution is 7.93. The van der Waals surface area contributed by atoms with Crippen LogP contribution in [0.15, 0.2) is 41.3 Å². The van der Waals surface area contributed by atoms with Crippen LogP contribution in [-0.2, 0) is 14.8 Å². The third-order valence-corrected chi connectivity index (χ3v) is 8.88. The number of benzene rings is 2. The molecule has 1 amide bonds. The fraction of sp³-hybridized carbons (Fsp3) is 0.435. The van der Waals surface area contributed by atoms with Gasteiger partial charge < -0.3 is 10.6 Å². The first kappa shape index (κ1) is 22.1. The maximum absolute atomic E-state index is 14.1. The van der Waals surface area contributed by atoms with E-state index >= 15 is 0 Å². The number of hydrogen-bond acceptors (Lipinski definition) is 4. The minimum Gasteiger partial charge on any atom is -0.322 e. The molecule has 2 aromatic rings. The number of piperidine rings is 1. The van der Waals surface area contributed by atoms with Crippen molar-refractivity contribution >= 4 is 38.9 Å². The molecule has 0 bridgehead atoms. The highest BCUT2D eigenvalue weighted by Crippen LogP contribution is 2.41. The Morgan fingerprint density at radius 3 is 2.48 bits per heavy atom. The number of fused-ring (bicyclic) bond motifs is 1. The topological polar surface area (TPSA) is 78.5 Å². The van der Waals surface area contributed by atoms with E-state index in [1.54, 1.807) is 50.2 Å². The molecule has 6 nitrogen and oxygen atoms in total. The second-order valence-electron chi connectivity index (χ2n) is 8.57. The lowest BCUT2D eigenvalue weighted by molar-refractivity contribution is -0.118. The van der Waals surface area contributed by atoms with Crippen LogP contribution in [0, 0.1) is 25.7 Å². The first-order chi connectivity index (χ1) is 14.7. The summed E-state index contributed by atoms with van der Waals surface area (Å²) in [4.78, 5) is 13.5. The van der Waals surface area contributed by atoms with Gasteiger partial charge in [0.15, 0.2) is 0 Å². The molecule has 2 unspecified atom stereocenters. The highest BCUT2D eigenvalue weighted by atomic mass is 35.5. The Balaban J connectivity index is 1.87. The van der Waals surface area contributed by atoms with Gasteiger partial charge in [0.1, 0.15) is 6.04 Å². The summed E-state index contributed by atoms with van der Waals surface area (Å²) in [5, 5.41) is 6.80. The van der Waals surface area contributed by atoms with E-state index < -0.39 is 16.1 Å². The van der Waals surface area contributed by atoms with E-state index in [-0.39, 0.29) is 22.6 Å². The van der Waals surface area contributed by atoms with E-state index in [1.807, 2.05) is 6.92 Å². The van der Waals surface area contributed by atoms with Gasteiger partial charge in [0, 0.05) is 5.02 Å². The molecule has 0 aromatic heterocycles. The summed E-state index contributed by atoms with van der Waals surface area (Å²) < 4.78 is 29.5. The molecule has 2 N–H and O–H groups in total. The van der Waals surface area contributed by atoms with Gasteiger partial charge in [-0.25, -0.2) is 8.42 Å². The second-order valence-corrected chi connectivity index (χ2v) is 10.8. The van der Waals surface area contributed by atoms with E-state index in [9.17, 15) is 13.2 Å². The first-order valence-corrected chi connectivity index (χ1v) is 12.5. The Kier molecular flexibility index (Phi) is 6.03. The molecule has 2 aliphatic rings. The molecule has 0 radical (unpaired) electrons. The predicted molar refractivity (Wildman–Crippen MR) is 124 cm³/mol. The number of aryl methyl sites for hydroxylation is 2. The average molecular weight is 462 g/mol. The lowest BCUT2D eigenvalue weighted by atomic mass is 9.80. The molecule has 2 aliphatic heterocycles. The van der Waals surface area contributed by atoms with Crippen LogP contribution in [0.4, 0.5) is 11.4 Å². The Bertz CT molecular complexity index is 1110. The van der Waals surface area contributed by atoms with Crippen molar-refractivity contribution < 1.29 is 13.2 Å². The van der Waals surface area contributed by atoms with Crippen LogP contribution in [0.1, 0.15) is 30.9 Å². The second kappa shape index (κ2) is 8.45. The molecule has 0 saturated carbocycles. The van der Waals surface area contributed by atoms with Gasteiger partial charge in [0.25, 0.3) is 10.0 Å². The zero-order chi connectivity index (χ0) is 22.3. The maximum Gasteiger partial charge on any atom is 0.265 e. The van der Waals surface area contributed by atoms with Gasteiger partial charge in [0.2, 0.25) is 5.91 Å². The van der Waals surface area contributed by atoms with E-state index in [2.05, 4.69) is 10.6 Å². The molecule has 0 aliphatic carbocycles. The zero-order valence-electron chi connectivity index (χ0n) is 18.0. The molecule has 2 atom stereocenters. The van der Waals surface area contributed by atoms with Crippen LogP contribution in [0.5, 0.6) is 0 Å². The summed E-state index contributed by atoms with van der Waals surface area (Å²) >= 11 is 6.23. The van der Waals surface area contributed by atoms with Gasteiger partial charge in [0.05, 0.1) is 16.3 Å². The quantitative estimate of drug-likeness (QED) is 0.718. The Morgan fingerprint density at radius 2 is 1.77 bits per heavy atom. The first-order valence-electron chi connectivity index (χ1n) is 10.6. The van der Waals surface area contributed by atoms with Crippen molar-refractivity contribution in [2.45, 2.75) is 44.6 Å². The Morgan fingerprint density at radius 1 is 1.10 bits per heavy atom. The zero-order valence-corrected chi connectivity index (χ0v) is 19.6. The average Bonchev–Trinajstić information content (AvgIpc) is 2.75. The molecule has 166 valence electrons. The summed E-state index contributed by atoms with van der Waals surface area (Å²) in [6, 6.07) is 9.54. The summed E-state index contributed by atoms with van der Waals surface area (Å²) in [6.45, 7) is 7.27. The van der Waals surface area contributed by atoms with Crippen molar-refractivity contribution in [3.63, 3.8) is 0 Å². The fourth-order valence-corrected chi connectivity index (χ4v) is 6.96. The fourth-order valence-electron chi connectivity index (χ4n) is 4.73. The van der Waals surface area contributed by atoms with Crippen molar-refractivity contribution in [1.29, 1.82) is 0 Å². The lowest BCUT2D eigenvalue weighted by Gasteiger charge is -2.43. The molecule has 1 saturated heterocycles. The van der Waals surface area contributed by atoms with E-state index in [4.69, 9.17) is 11.6 Å². The number of hydrogen-bond donors (Lipinski definition) is 2. The van der Waals surface area contributed by atoms with Gasteiger partial charge >= 0.3 is 0 Å². The number of nitrogens with one attached hydrogen (secondary N) is 2. The smallest absolute Gasteiger partial charge is 0.265 e. The van der Waals surface area contributed by atoms with Crippen molar-refractivity contribution in [3.05, 3.63) is 52.5 Å². The Hall–Kier alpha value is -2.09. The molecule has 4 rings (SSSR count). The van der Waals surface area contributed by atoms with Gasteiger partial charge in [-0.1, -0.05) is 30.7 Å².